The van der Waals surface area contributed by atoms with Crippen LogP contribution in [-0.4, -0.2) is 24.7 Å². The third-order valence-electron chi connectivity index (χ3n) is 1.25. The van der Waals surface area contributed by atoms with E-state index in [0.29, 0.717) is 0 Å². The van der Waals surface area contributed by atoms with E-state index in [-0.39, 0.29) is 0 Å². The van der Waals surface area contributed by atoms with Crippen molar-refractivity contribution in [2.75, 3.05) is 19.8 Å². The Morgan fingerprint density at radius 2 is 1.24 bits per heavy atom. The van der Waals surface area contributed by atoms with Gasteiger partial charge in [0.15, 0.2) is 0 Å². The second-order valence-corrected chi connectivity index (χ2v) is 8.07. The smallest absolute Gasteiger partial charge is 0.316 e. The van der Waals surface area contributed by atoms with Crippen LogP contribution in [0.5, 0.6) is 0 Å². The van der Waals surface area contributed by atoms with Crippen LogP contribution in [0.2, 0.25) is 0 Å². The second kappa shape index (κ2) is 7.33. The molecule has 0 fully saturated rings. The van der Waals surface area contributed by atoms with E-state index >= 15 is 0 Å². The van der Waals surface area contributed by atoms with Crippen molar-refractivity contribution in [3.8, 4) is 37.0 Å². The zero-order valence-corrected chi connectivity index (χ0v) is 10.5. The van der Waals surface area contributed by atoms with Gasteiger partial charge in [-0.3, -0.25) is 13.6 Å². The van der Waals surface area contributed by atoms with E-state index in [1.807, 2.05) is 17.8 Å². The maximum Gasteiger partial charge on any atom is 0.442 e. The Balaban J connectivity index is 4.98. The lowest BCUT2D eigenvalue weighted by atomic mass is 10.8. The summed E-state index contributed by atoms with van der Waals surface area (Å²) in [5.41, 5.74) is 0. The van der Waals surface area contributed by atoms with Gasteiger partial charge in [-0.15, -0.1) is 19.3 Å². The minimum atomic E-state index is -4.71. The van der Waals surface area contributed by atoms with Crippen molar-refractivity contribution in [3.63, 3.8) is 0 Å². The van der Waals surface area contributed by atoms with E-state index in [1.165, 1.54) is 0 Å². The van der Waals surface area contributed by atoms with Crippen LogP contribution < -0.4 is 0 Å². The Morgan fingerprint density at radius 3 is 1.59 bits per heavy atom. The van der Waals surface area contributed by atoms with E-state index < -0.39 is 34.4 Å². The minimum Gasteiger partial charge on any atom is -0.316 e. The molecule has 92 valence electrons. The van der Waals surface area contributed by atoms with Crippen LogP contribution in [0.3, 0.4) is 0 Å². The minimum absolute atomic E-state index is 0.494. The topological polar surface area (TPSA) is 82.1 Å². The summed E-state index contributed by atoms with van der Waals surface area (Å²) in [6.07, 6.45) is 14.6. The predicted molar refractivity (Wildman–Crippen MR) is 61.8 cm³/mol. The first-order valence-electron chi connectivity index (χ1n) is 4.11. The van der Waals surface area contributed by atoms with Crippen molar-refractivity contribution >= 4 is 14.6 Å². The summed E-state index contributed by atoms with van der Waals surface area (Å²) in [6.45, 7) is -1.52. The van der Waals surface area contributed by atoms with Gasteiger partial charge in [-0.05, 0) is 0 Å². The van der Waals surface area contributed by atoms with Crippen LogP contribution >= 0.6 is 14.6 Å². The summed E-state index contributed by atoms with van der Waals surface area (Å²) in [7, 11) is -9.19. The molecule has 0 spiro atoms. The quantitative estimate of drug-likeness (QED) is 0.556. The Hall–Kier alpha value is -1.02. The fourth-order valence-electron chi connectivity index (χ4n) is 0.613. The number of rotatable bonds is 7. The van der Waals surface area contributed by atoms with Crippen LogP contribution in [0.25, 0.3) is 0 Å². The van der Waals surface area contributed by atoms with Gasteiger partial charge in [0.05, 0.1) is 0 Å². The molecule has 0 aliphatic carbocycles. The molecule has 1 atom stereocenters. The monoisotopic (exact) mass is 276 g/mol. The van der Waals surface area contributed by atoms with Crippen LogP contribution in [0.15, 0.2) is 0 Å². The second-order valence-electron chi connectivity index (χ2n) is 2.39. The molecule has 17 heavy (non-hydrogen) atoms. The van der Waals surface area contributed by atoms with Gasteiger partial charge in [-0.25, -0.2) is 9.13 Å². The van der Waals surface area contributed by atoms with Crippen molar-refractivity contribution < 1.29 is 27.6 Å². The molecule has 0 saturated heterocycles. The first-order chi connectivity index (χ1) is 7.93. The highest BCUT2D eigenvalue weighted by molar-refractivity contribution is 8.27. The van der Waals surface area contributed by atoms with Crippen molar-refractivity contribution in [2.45, 2.75) is 0 Å². The highest BCUT2D eigenvalue weighted by Gasteiger charge is 2.48. The molecule has 0 amide bonds. The maximum atomic E-state index is 11.9. The average Bonchev–Trinajstić information content (AvgIpc) is 2.31. The molecule has 0 heterocycles. The molecule has 1 unspecified atom stereocenters. The zero-order valence-electron chi connectivity index (χ0n) is 8.74. The summed E-state index contributed by atoms with van der Waals surface area (Å²) < 4.78 is 36.9. The van der Waals surface area contributed by atoms with Gasteiger partial charge in [0.1, 0.15) is 19.8 Å². The number of hydrogen-bond acceptors (Lipinski definition) is 5. The molecule has 0 aliphatic rings. The van der Waals surface area contributed by atoms with Gasteiger partial charge in [0.2, 0.25) is 0 Å². The lowest BCUT2D eigenvalue weighted by molar-refractivity contribution is 0.231. The molecule has 0 rings (SSSR count). The Bertz CT molecular complexity index is 441. The molecule has 0 aromatic carbocycles. The molecule has 0 aromatic rings. The number of terminal acetylenes is 3. The highest BCUT2D eigenvalue weighted by Crippen LogP contribution is 2.80. The van der Waals surface area contributed by atoms with Gasteiger partial charge >= 0.3 is 14.6 Å². The fourth-order valence-corrected chi connectivity index (χ4v) is 3.66. The van der Waals surface area contributed by atoms with Gasteiger partial charge in [-0.1, -0.05) is 17.8 Å². The normalized spacial score (nSPS) is 14.0. The summed E-state index contributed by atoms with van der Waals surface area (Å²) in [5, 5.41) is 0. The summed E-state index contributed by atoms with van der Waals surface area (Å²) in [6, 6.07) is 0. The molecule has 0 bridgehead atoms. The first-order valence-corrected chi connectivity index (χ1v) is 7.93. The van der Waals surface area contributed by atoms with Crippen LogP contribution in [0, 0.1) is 37.0 Å². The van der Waals surface area contributed by atoms with Crippen LogP contribution in [0.4, 0.5) is 0 Å². The van der Waals surface area contributed by atoms with Gasteiger partial charge in [0, 0.05) is 0 Å². The van der Waals surface area contributed by atoms with Crippen molar-refractivity contribution in [2.24, 2.45) is 0 Å². The van der Waals surface area contributed by atoms with Crippen molar-refractivity contribution in [1.82, 2.24) is 0 Å². The molecular formula is C9H10O6P2. The molecule has 0 aliphatic heterocycles. The van der Waals surface area contributed by atoms with E-state index in [1.54, 1.807) is 0 Å². The Kier molecular flexibility index (Phi) is 6.89. The van der Waals surface area contributed by atoms with E-state index in [0.717, 1.165) is 0 Å². The molecular weight excluding hydrogens is 266 g/mol. The molecule has 0 radical (unpaired) electrons. The number of hydrogen-bond donors (Lipinski definition) is 1. The standard InChI is InChI=1S/C9H10O6P2/c1-4-7-13-16(10,11)17(12,14-8-5-2)15-9-6-3/h1-3H,7-9H2,(H,10,11). The van der Waals surface area contributed by atoms with E-state index in [4.69, 9.17) is 19.3 Å². The summed E-state index contributed by atoms with van der Waals surface area (Å²) in [4.78, 5) is 9.41. The first kappa shape index (κ1) is 16.0. The third-order valence-corrected chi connectivity index (χ3v) is 6.14. The highest BCUT2D eigenvalue weighted by atomic mass is 32.1. The Morgan fingerprint density at radius 1 is 0.882 bits per heavy atom. The van der Waals surface area contributed by atoms with Gasteiger partial charge in [0.25, 0.3) is 0 Å². The largest absolute Gasteiger partial charge is 0.442 e. The summed E-state index contributed by atoms with van der Waals surface area (Å²) >= 11 is 0. The molecule has 1 N–H and O–H groups in total. The van der Waals surface area contributed by atoms with Crippen LogP contribution in [0.1, 0.15) is 0 Å². The summed E-state index contributed by atoms with van der Waals surface area (Å²) in [5.74, 6) is 5.89. The Labute approximate surface area is 99.6 Å². The maximum absolute atomic E-state index is 11.9. The SMILES string of the molecule is C#CCOP(=O)(O)P(=O)(OCC#C)OCC#C. The molecule has 6 nitrogen and oxygen atoms in total. The van der Waals surface area contributed by atoms with E-state index in [9.17, 15) is 14.0 Å². The zero-order chi connectivity index (χ0) is 13.4. The lowest BCUT2D eigenvalue weighted by Gasteiger charge is -2.19. The van der Waals surface area contributed by atoms with Crippen molar-refractivity contribution in [3.05, 3.63) is 0 Å². The van der Waals surface area contributed by atoms with Gasteiger partial charge in [-0.2, -0.15) is 0 Å². The van der Waals surface area contributed by atoms with E-state index in [2.05, 4.69) is 13.6 Å². The molecule has 0 saturated carbocycles. The average molecular weight is 276 g/mol. The molecule has 8 heteroatoms. The van der Waals surface area contributed by atoms with Crippen LogP contribution in [-0.2, 0) is 22.7 Å². The van der Waals surface area contributed by atoms with Gasteiger partial charge < -0.3 is 4.89 Å². The predicted octanol–water partition coefficient (Wildman–Crippen LogP) is 1.23. The lowest BCUT2D eigenvalue weighted by Crippen LogP contribution is -2.01. The van der Waals surface area contributed by atoms with Crippen molar-refractivity contribution in [1.29, 1.82) is 0 Å². The molecule has 0 aromatic heterocycles. The third kappa shape index (κ3) is 4.78. The fraction of sp³-hybridized carbons (Fsp3) is 0.333.